The van der Waals surface area contributed by atoms with Crippen molar-refractivity contribution >= 4 is 5.91 Å². The summed E-state index contributed by atoms with van der Waals surface area (Å²) in [4.78, 5) is 10.9. The van der Waals surface area contributed by atoms with E-state index < -0.39 is 0 Å². The van der Waals surface area contributed by atoms with Crippen molar-refractivity contribution in [2.75, 3.05) is 7.11 Å². The van der Waals surface area contributed by atoms with Gasteiger partial charge in [-0.2, -0.15) is 0 Å². The van der Waals surface area contributed by atoms with Gasteiger partial charge in [0.05, 0.1) is 7.11 Å². The summed E-state index contributed by atoms with van der Waals surface area (Å²) in [6.45, 7) is 0. The van der Waals surface area contributed by atoms with E-state index in [9.17, 15) is 4.79 Å². The van der Waals surface area contributed by atoms with Gasteiger partial charge in [0.2, 0.25) is 5.91 Å². The maximum atomic E-state index is 10.9. The van der Waals surface area contributed by atoms with E-state index in [-0.39, 0.29) is 5.91 Å². The molecule has 0 saturated heterocycles. The van der Waals surface area contributed by atoms with Crippen LogP contribution in [0.2, 0.25) is 0 Å². The van der Waals surface area contributed by atoms with Gasteiger partial charge in [-0.05, 0) is 18.1 Å². The Labute approximate surface area is 83.0 Å². The van der Waals surface area contributed by atoms with Crippen LogP contribution in [0.25, 0.3) is 0 Å². The first-order valence-corrected chi connectivity index (χ1v) is 4.39. The van der Waals surface area contributed by atoms with Crippen molar-refractivity contribution in [3.63, 3.8) is 0 Å². The minimum Gasteiger partial charge on any atom is -0.496 e. The molecule has 0 aliphatic heterocycles. The molecule has 4 nitrogen and oxygen atoms in total. The number of benzene rings is 1. The average molecular weight is 194 g/mol. The molecule has 0 saturated carbocycles. The summed E-state index contributed by atoms with van der Waals surface area (Å²) < 4.78 is 5.15. The molecule has 0 heterocycles. The molecule has 0 radical (unpaired) electrons. The van der Waals surface area contributed by atoms with Gasteiger partial charge in [-0.25, -0.2) is 5.84 Å². The SMILES string of the molecule is COc1ccccc1CCC(=O)NN. The summed E-state index contributed by atoms with van der Waals surface area (Å²) in [7, 11) is 1.61. The fraction of sp³-hybridized carbons (Fsp3) is 0.300. The molecule has 0 bridgehead atoms. The van der Waals surface area contributed by atoms with E-state index in [1.807, 2.05) is 24.3 Å². The van der Waals surface area contributed by atoms with Crippen LogP contribution in [-0.4, -0.2) is 13.0 Å². The number of amides is 1. The van der Waals surface area contributed by atoms with Gasteiger partial charge in [-0.3, -0.25) is 10.2 Å². The quantitative estimate of drug-likeness (QED) is 0.419. The van der Waals surface area contributed by atoms with E-state index in [4.69, 9.17) is 10.6 Å². The van der Waals surface area contributed by atoms with Gasteiger partial charge in [-0.15, -0.1) is 0 Å². The lowest BCUT2D eigenvalue weighted by Crippen LogP contribution is -2.30. The van der Waals surface area contributed by atoms with Crippen molar-refractivity contribution in [3.05, 3.63) is 29.8 Å². The third-order valence-electron chi connectivity index (χ3n) is 1.97. The van der Waals surface area contributed by atoms with Gasteiger partial charge >= 0.3 is 0 Å². The Balaban J connectivity index is 2.61. The highest BCUT2D eigenvalue weighted by Crippen LogP contribution is 2.18. The largest absolute Gasteiger partial charge is 0.496 e. The lowest BCUT2D eigenvalue weighted by atomic mass is 10.1. The predicted molar refractivity (Wildman–Crippen MR) is 53.6 cm³/mol. The number of hydrazine groups is 1. The maximum absolute atomic E-state index is 10.9. The van der Waals surface area contributed by atoms with Crippen molar-refractivity contribution in [1.29, 1.82) is 0 Å². The predicted octanol–water partition coefficient (Wildman–Crippen LogP) is 0.618. The number of hydrogen-bond acceptors (Lipinski definition) is 3. The maximum Gasteiger partial charge on any atom is 0.234 e. The Morgan fingerprint density at radius 2 is 2.21 bits per heavy atom. The minimum absolute atomic E-state index is 0.170. The highest BCUT2D eigenvalue weighted by atomic mass is 16.5. The van der Waals surface area contributed by atoms with E-state index in [0.29, 0.717) is 12.8 Å². The number of aryl methyl sites for hydroxylation is 1. The van der Waals surface area contributed by atoms with Gasteiger partial charge in [0.1, 0.15) is 5.75 Å². The Bertz CT molecular complexity index is 313. The number of para-hydroxylation sites is 1. The zero-order valence-electron chi connectivity index (χ0n) is 8.12. The zero-order valence-corrected chi connectivity index (χ0v) is 8.12. The Morgan fingerprint density at radius 3 is 2.86 bits per heavy atom. The molecule has 76 valence electrons. The van der Waals surface area contributed by atoms with E-state index in [2.05, 4.69) is 5.43 Å². The first-order chi connectivity index (χ1) is 6.77. The van der Waals surface area contributed by atoms with Crippen molar-refractivity contribution in [2.24, 2.45) is 5.84 Å². The number of ether oxygens (including phenoxy) is 1. The van der Waals surface area contributed by atoms with Crippen LogP contribution in [0, 0.1) is 0 Å². The minimum atomic E-state index is -0.170. The number of carbonyl (C=O) groups is 1. The highest BCUT2D eigenvalue weighted by Gasteiger charge is 2.04. The molecule has 0 fully saturated rings. The average Bonchev–Trinajstić information content (AvgIpc) is 2.26. The van der Waals surface area contributed by atoms with Gasteiger partial charge < -0.3 is 4.74 Å². The summed E-state index contributed by atoms with van der Waals surface area (Å²) in [6, 6.07) is 7.61. The normalized spacial score (nSPS) is 9.57. The van der Waals surface area contributed by atoms with Crippen LogP contribution in [0.5, 0.6) is 5.75 Å². The molecular formula is C10H14N2O2. The van der Waals surface area contributed by atoms with E-state index >= 15 is 0 Å². The van der Waals surface area contributed by atoms with E-state index in [1.54, 1.807) is 7.11 Å². The second-order valence-electron chi connectivity index (χ2n) is 2.88. The smallest absolute Gasteiger partial charge is 0.234 e. The number of nitrogens with two attached hydrogens (primary N) is 1. The van der Waals surface area contributed by atoms with Crippen molar-refractivity contribution in [1.82, 2.24) is 5.43 Å². The van der Waals surface area contributed by atoms with Crippen LogP contribution in [0.1, 0.15) is 12.0 Å². The lowest BCUT2D eigenvalue weighted by molar-refractivity contribution is -0.121. The molecular weight excluding hydrogens is 180 g/mol. The second-order valence-corrected chi connectivity index (χ2v) is 2.88. The molecule has 14 heavy (non-hydrogen) atoms. The molecule has 1 amide bonds. The standard InChI is InChI=1S/C10H14N2O2/c1-14-9-5-3-2-4-8(9)6-7-10(13)12-11/h2-5H,6-7,11H2,1H3,(H,12,13). The van der Waals surface area contributed by atoms with Gasteiger partial charge in [0, 0.05) is 6.42 Å². The topological polar surface area (TPSA) is 64.3 Å². The zero-order chi connectivity index (χ0) is 10.4. The third-order valence-corrected chi connectivity index (χ3v) is 1.97. The van der Waals surface area contributed by atoms with Gasteiger partial charge in [0.15, 0.2) is 0 Å². The summed E-state index contributed by atoms with van der Waals surface area (Å²) in [6.07, 6.45) is 1.00. The Morgan fingerprint density at radius 1 is 1.50 bits per heavy atom. The van der Waals surface area contributed by atoms with Gasteiger partial charge in [0.25, 0.3) is 0 Å². The summed E-state index contributed by atoms with van der Waals surface area (Å²) >= 11 is 0. The molecule has 0 aliphatic carbocycles. The van der Waals surface area contributed by atoms with Gasteiger partial charge in [-0.1, -0.05) is 18.2 Å². The molecule has 0 unspecified atom stereocenters. The van der Waals surface area contributed by atoms with Crippen LogP contribution in [-0.2, 0) is 11.2 Å². The molecule has 1 aromatic rings. The van der Waals surface area contributed by atoms with Crippen LogP contribution < -0.4 is 16.0 Å². The fourth-order valence-electron chi connectivity index (χ4n) is 1.23. The third kappa shape index (κ3) is 2.74. The molecule has 0 aromatic heterocycles. The van der Waals surface area contributed by atoms with Crippen molar-refractivity contribution in [3.8, 4) is 5.75 Å². The first-order valence-electron chi connectivity index (χ1n) is 4.39. The highest BCUT2D eigenvalue weighted by molar-refractivity contribution is 5.75. The molecule has 3 N–H and O–H groups in total. The fourth-order valence-corrected chi connectivity index (χ4v) is 1.23. The summed E-state index contributed by atoms with van der Waals surface area (Å²) in [5, 5.41) is 0. The molecule has 0 spiro atoms. The van der Waals surface area contributed by atoms with E-state index in [1.165, 1.54) is 0 Å². The molecule has 0 atom stereocenters. The number of hydrogen-bond donors (Lipinski definition) is 2. The molecule has 1 aromatic carbocycles. The molecule has 4 heteroatoms. The van der Waals surface area contributed by atoms with Crippen LogP contribution in [0.3, 0.4) is 0 Å². The van der Waals surface area contributed by atoms with Crippen molar-refractivity contribution < 1.29 is 9.53 Å². The number of rotatable bonds is 4. The summed E-state index contributed by atoms with van der Waals surface area (Å²) in [5.74, 6) is 5.61. The van der Waals surface area contributed by atoms with Crippen molar-refractivity contribution in [2.45, 2.75) is 12.8 Å². The van der Waals surface area contributed by atoms with Crippen LogP contribution >= 0.6 is 0 Å². The molecule has 1 rings (SSSR count). The lowest BCUT2D eigenvalue weighted by Gasteiger charge is -2.06. The summed E-state index contributed by atoms with van der Waals surface area (Å²) in [5.41, 5.74) is 3.11. The number of methoxy groups -OCH3 is 1. The monoisotopic (exact) mass is 194 g/mol. The first kappa shape index (κ1) is 10.5. The van der Waals surface area contributed by atoms with Crippen LogP contribution in [0.15, 0.2) is 24.3 Å². The number of carbonyl (C=O) groups excluding carboxylic acids is 1. The second kappa shape index (κ2) is 5.24. The Hall–Kier alpha value is -1.55. The Kier molecular flexibility index (Phi) is 3.94. The van der Waals surface area contributed by atoms with Crippen LogP contribution in [0.4, 0.5) is 0 Å². The number of nitrogens with one attached hydrogen (secondary N) is 1. The molecule has 0 aliphatic rings. The van der Waals surface area contributed by atoms with E-state index in [0.717, 1.165) is 11.3 Å².